The van der Waals surface area contributed by atoms with Gasteiger partial charge in [-0.3, -0.25) is 4.90 Å². The van der Waals surface area contributed by atoms with Gasteiger partial charge in [-0.05, 0) is 30.2 Å². The van der Waals surface area contributed by atoms with Crippen molar-refractivity contribution in [1.29, 1.82) is 0 Å². The lowest BCUT2D eigenvalue weighted by molar-refractivity contribution is 0.0104. The van der Waals surface area contributed by atoms with Crippen molar-refractivity contribution in [2.45, 2.75) is 43.6 Å². The van der Waals surface area contributed by atoms with Gasteiger partial charge in [0.15, 0.2) is 0 Å². The summed E-state index contributed by atoms with van der Waals surface area (Å²) in [4.78, 5) is 1.97. The molecule has 0 bridgehead atoms. The Bertz CT molecular complexity index is 527. The molecule has 2 atom stereocenters. The Labute approximate surface area is 130 Å². The molecular weight excluding hydrogens is 282 g/mol. The van der Waals surface area contributed by atoms with Gasteiger partial charge in [0.1, 0.15) is 0 Å². The summed E-state index contributed by atoms with van der Waals surface area (Å²) >= 11 is 0. The Morgan fingerprint density at radius 2 is 1.91 bits per heavy atom. The zero-order chi connectivity index (χ0) is 15.2. The quantitative estimate of drug-likeness (QED) is 0.868. The van der Waals surface area contributed by atoms with Crippen molar-refractivity contribution >= 4 is 0 Å². The van der Waals surface area contributed by atoms with Gasteiger partial charge in [-0.25, -0.2) is 8.78 Å². The van der Waals surface area contributed by atoms with Crippen LogP contribution in [0.2, 0.25) is 0 Å². The fourth-order valence-corrected chi connectivity index (χ4v) is 3.82. The molecule has 22 heavy (non-hydrogen) atoms. The van der Waals surface area contributed by atoms with Gasteiger partial charge in [-0.15, -0.1) is 0 Å². The molecule has 2 aliphatic carbocycles. The van der Waals surface area contributed by atoms with Crippen LogP contribution in [0, 0.1) is 5.41 Å². The number of hydrogen-bond acceptors (Lipinski definition) is 2. The highest BCUT2D eigenvalue weighted by Crippen LogP contribution is 2.48. The lowest BCUT2D eigenvalue weighted by Crippen LogP contribution is -2.37. The highest BCUT2D eigenvalue weighted by atomic mass is 19.3. The molecule has 1 heterocycles. The predicted octanol–water partition coefficient (Wildman–Crippen LogP) is 3.25. The Kier molecular flexibility index (Phi) is 3.50. The van der Waals surface area contributed by atoms with E-state index >= 15 is 0 Å². The second-order valence-corrected chi connectivity index (χ2v) is 7.56. The van der Waals surface area contributed by atoms with E-state index in [2.05, 4.69) is 35.6 Å². The van der Waals surface area contributed by atoms with E-state index in [1.165, 1.54) is 24.8 Å². The van der Waals surface area contributed by atoms with Crippen molar-refractivity contribution in [2.24, 2.45) is 5.41 Å². The normalized spacial score (nSPS) is 32.1. The van der Waals surface area contributed by atoms with Crippen LogP contribution >= 0.6 is 0 Å². The van der Waals surface area contributed by atoms with Gasteiger partial charge in [0.05, 0.1) is 6.54 Å². The molecule has 0 unspecified atom stereocenters. The zero-order valence-electron chi connectivity index (χ0n) is 12.9. The molecule has 4 heteroatoms. The van der Waals surface area contributed by atoms with Crippen LogP contribution in [0.5, 0.6) is 0 Å². The van der Waals surface area contributed by atoms with Crippen LogP contribution in [0.4, 0.5) is 8.78 Å². The first kappa shape index (κ1) is 14.6. The number of likely N-dealkylation sites (tertiary alicyclic amines) is 1. The van der Waals surface area contributed by atoms with Crippen molar-refractivity contribution in [3.63, 3.8) is 0 Å². The third-order valence-corrected chi connectivity index (χ3v) is 5.52. The minimum Gasteiger partial charge on any atom is -0.313 e. The van der Waals surface area contributed by atoms with Gasteiger partial charge in [-0.1, -0.05) is 30.3 Å². The molecule has 4 rings (SSSR count). The minimum atomic E-state index is -2.46. The Morgan fingerprint density at radius 1 is 1.14 bits per heavy atom. The van der Waals surface area contributed by atoms with Crippen LogP contribution in [0.25, 0.3) is 0 Å². The summed E-state index contributed by atoms with van der Waals surface area (Å²) in [7, 11) is 0. The maximum absolute atomic E-state index is 13.3. The first-order valence-corrected chi connectivity index (χ1v) is 8.44. The number of alkyl halides is 2. The number of hydrogen-bond donors (Lipinski definition) is 1. The molecule has 0 spiro atoms. The maximum atomic E-state index is 13.3. The smallest absolute Gasteiger partial charge is 0.261 e. The molecule has 1 aromatic carbocycles. The second kappa shape index (κ2) is 5.27. The number of nitrogens with one attached hydrogen (secondary N) is 1. The van der Waals surface area contributed by atoms with E-state index < -0.39 is 5.92 Å². The summed E-state index contributed by atoms with van der Waals surface area (Å²) in [6.07, 6.45) is 3.62. The highest BCUT2D eigenvalue weighted by Gasteiger charge is 2.49. The standard InChI is InChI=1S/C18H24F2N2/c19-18(20)8-9-22(13-18)12-17(6-7-17)11-21-16-10-15(16)14-4-2-1-3-5-14/h1-5,15-16,21H,6-13H2/t15-,16+/m0/s1. The summed E-state index contributed by atoms with van der Waals surface area (Å²) in [6, 6.07) is 11.2. The molecule has 1 saturated heterocycles. The van der Waals surface area contributed by atoms with Crippen molar-refractivity contribution in [3.8, 4) is 0 Å². The van der Waals surface area contributed by atoms with E-state index in [4.69, 9.17) is 0 Å². The molecule has 120 valence electrons. The topological polar surface area (TPSA) is 15.3 Å². The van der Waals surface area contributed by atoms with Gasteiger partial charge >= 0.3 is 0 Å². The number of halogens is 2. The Hall–Kier alpha value is -1.00. The first-order valence-electron chi connectivity index (χ1n) is 8.44. The lowest BCUT2D eigenvalue weighted by Gasteiger charge is -2.23. The summed E-state index contributed by atoms with van der Waals surface area (Å²) in [6.45, 7) is 2.36. The van der Waals surface area contributed by atoms with Gasteiger partial charge < -0.3 is 5.32 Å². The summed E-state index contributed by atoms with van der Waals surface area (Å²) < 4.78 is 26.6. The van der Waals surface area contributed by atoms with Crippen LogP contribution in [-0.2, 0) is 0 Å². The highest BCUT2D eigenvalue weighted by molar-refractivity contribution is 5.27. The van der Waals surface area contributed by atoms with Crippen molar-refractivity contribution < 1.29 is 8.78 Å². The predicted molar refractivity (Wildman–Crippen MR) is 83.3 cm³/mol. The molecule has 0 amide bonds. The number of rotatable bonds is 6. The molecule has 2 nitrogen and oxygen atoms in total. The summed E-state index contributed by atoms with van der Waals surface area (Å²) in [5.74, 6) is -1.81. The average Bonchev–Trinajstić information content (AvgIpc) is 3.39. The van der Waals surface area contributed by atoms with E-state index in [1.807, 2.05) is 4.90 Å². The fraction of sp³-hybridized carbons (Fsp3) is 0.667. The van der Waals surface area contributed by atoms with Crippen molar-refractivity contribution in [2.75, 3.05) is 26.2 Å². The maximum Gasteiger partial charge on any atom is 0.261 e. The largest absolute Gasteiger partial charge is 0.313 e. The van der Waals surface area contributed by atoms with Crippen LogP contribution in [0.1, 0.15) is 37.2 Å². The van der Waals surface area contributed by atoms with E-state index in [0.717, 1.165) is 13.1 Å². The molecule has 3 aliphatic rings. The van der Waals surface area contributed by atoms with E-state index in [9.17, 15) is 8.78 Å². The average molecular weight is 306 g/mol. The van der Waals surface area contributed by atoms with Gasteiger partial charge in [0, 0.05) is 38.0 Å². The molecule has 1 aliphatic heterocycles. The molecule has 0 radical (unpaired) electrons. The molecular formula is C18H24F2N2. The third kappa shape index (κ3) is 3.18. The lowest BCUT2D eigenvalue weighted by atomic mass is 10.1. The summed E-state index contributed by atoms with van der Waals surface area (Å²) in [5.41, 5.74) is 1.69. The number of benzene rings is 1. The Balaban J connectivity index is 1.25. The van der Waals surface area contributed by atoms with Gasteiger partial charge in [-0.2, -0.15) is 0 Å². The molecule has 0 aromatic heterocycles. The number of nitrogens with zero attached hydrogens (tertiary/aromatic N) is 1. The SMILES string of the molecule is FC1(F)CCN(CC2(CN[C@@H]3C[C@H]3c3ccccc3)CC2)C1. The van der Waals surface area contributed by atoms with Crippen LogP contribution in [0.3, 0.4) is 0 Å². The van der Waals surface area contributed by atoms with Crippen LogP contribution in [-0.4, -0.2) is 43.0 Å². The first-order chi connectivity index (χ1) is 10.6. The van der Waals surface area contributed by atoms with Gasteiger partial charge in [0.25, 0.3) is 5.92 Å². The third-order valence-electron chi connectivity index (χ3n) is 5.52. The van der Waals surface area contributed by atoms with Crippen molar-refractivity contribution in [1.82, 2.24) is 10.2 Å². The minimum absolute atomic E-state index is 0.0369. The van der Waals surface area contributed by atoms with Crippen LogP contribution < -0.4 is 5.32 Å². The molecule has 1 aromatic rings. The van der Waals surface area contributed by atoms with Crippen molar-refractivity contribution in [3.05, 3.63) is 35.9 Å². The Morgan fingerprint density at radius 3 is 2.55 bits per heavy atom. The van der Waals surface area contributed by atoms with Gasteiger partial charge in [0.2, 0.25) is 0 Å². The molecule has 1 N–H and O–H groups in total. The monoisotopic (exact) mass is 306 g/mol. The fourth-order valence-electron chi connectivity index (χ4n) is 3.82. The molecule has 3 fully saturated rings. The van der Waals surface area contributed by atoms with E-state index in [0.29, 0.717) is 18.5 Å². The molecule has 2 saturated carbocycles. The summed E-state index contributed by atoms with van der Waals surface area (Å²) in [5, 5.41) is 3.69. The second-order valence-electron chi connectivity index (χ2n) is 7.56. The van der Waals surface area contributed by atoms with E-state index in [1.54, 1.807) is 0 Å². The van der Waals surface area contributed by atoms with Crippen LogP contribution in [0.15, 0.2) is 30.3 Å². The zero-order valence-corrected chi connectivity index (χ0v) is 12.9. The van der Waals surface area contributed by atoms with E-state index in [-0.39, 0.29) is 18.4 Å².